The minimum Gasteiger partial charge on any atom is -0.366 e. The molecule has 8 heteroatoms. The molecule has 2 N–H and O–H groups in total. The zero-order chi connectivity index (χ0) is 13.8. The summed E-state index contributed by atoms with van der Waals surface area (Å²) in [6, 6.07) is 7.60. The number of rotatable bonds is 3. The summed E-state index contributed by atoms with van der Waals surface area (Å²) in [6.45, 7) is 1.88. The van der Waals surface area contributed by atoms with Crippen LogP contribution in [0.1, 0.15) is 0 Å². The molecule has 0 bridgehead atoms. The fraction of sp³-hybridized carbons (Fsp3) is 0.286. The molecule has 1 amide bonds. The third-order valence-electron chi connectivity index (χ3n) is 3.16. The zero-order valence-electron chi connectivity index (χ0n) is 11.8. The second-order valence-electron chi connectivity index (χ2n) is 4.54. The third kappa shape index (κ3) is 4.20. The van der Waals surface area contributed by atoms with E-state index < -0.39 is 6.10 Å². The van der Waals surface area contributed by atoms with E-state index in [1.165, 1.54) is 0 Å². The number of carbonyl (C=O) groups is 1. The van der Waals surface area contributed by atoms with Crippen molar-refractivity contribution < 1.29 is 9.53 Å². The van der Waals surface area contributed by atoms with Crippen LogP contribution < -0.4 is 10.6 Å². The van der Waals surface area contributed by atoms with Gasteiger partial charge in [-0.1, -0.05) is 12.1 Å². The van der Waals surface area contributed by atoms with Crippen molar-refractivity contribution in [3.8, 4) is 5.69 Å². The van der Waals surface area contributed by atoms with E-state index in [2.05, 4.69) is 15.6 Å². The van der Waals surface area contributed by atoms with E-state index >= 15 is 0 Å². The first-order chi connectivity index (χ1) is 9.84. The van der Waals surface area contributed by atoms with Gasteiger partial charge in [-0.25, -0.2) is 4.98 Å². The number of carbonyl (C=O) groups excluding carboxylic acids is 1. The highest BCUT2D eigenvalue weighted by molar-refractivity contribution is 5.96. The Kier molecular flexibility index (Phi) is 7.34. The number of benzene rings is 1. The Bertz CT molecular complexity index is 586. The average molecular weight is 345 g/mol. The summed E-state index contributed by atoms with van der Waals surface area (Å²) in [6.07, 6.45) is 4.79. The number of imidazole rings is 1. The maximum Gasteiger partial charge on any atom is 0.254 e. The maximum absolute atomic E-state index is 12.2. The van der Waals surface area contributed by atoms with Gasteiger partial charge in [0.15, 0.2) is 0 Å². The van der Waals surface area contributed by atoms with Crippen molar-refractivity contribution in [2.45, 2.75) is 6.10 Å². The van der Waals surface area contributed by atoms with Crippen molar-refractivity contribution in [2.75, 3.05) is 25.0 Å². The Morgan fingerprint density at radius 1 is 1.36 bits per heavy atom. The summed E-state index contributed by atoms with van der Waals surface area (Å²) < 4.78 is 7.31. The van der Waals surface area contributed by atoms with Crippen LogP contribution in [-0.4, -0.2) is 41.3 Å². The predicted octanol–water partition coefficient (Wildman–Crippen LogP) is 1.64. The van der Waals surface area contributed by atoms with Crippen molar-refractivity contribution >= 4 is 36.4 Å². The summed E-state index contributed by atoms with van der Waals surface area (Å²) in [5, 5.41) is 6.06. The van der Waals surface area contributed by atoms with Gasteiger partial charge in [0.1, 0.15) is 6.10 Å². The van der Waals surface area contributed by atoms with Gasteiger partial charge in [-0.2, -0.15) is 0 Å². The van der Waals surface area contributed by atoms with Crippen molar-refractivity contribution in [2.24, 2.45) is 0 Å². The molecular weight excluding hydrogens is 327 g/mol. The second-order valence-corrected chi connectivity index (χ2v) is 4.54. The Balaban J connectivity index is 0.00000121. The fourth-order valence-corrected chi connectivity index (χ4v) is 2.15. The largest absolute Gasteiger partial charge is 0.366 e. The van der Waals surface area contributed by atoms with Gasteiger partial charge >= 0.3 is 0 Å². The van der Waals surface area contributed by atoms with Crippen molar-refractivity contribution in [1.82, 2.24) is 14.9 Å². The summed E-state index contributed by atoms with van der Waals surface area (Å²) in [5.74, 6) is -0.134. The quantitative estimate of drug-likeness (QED) is 0.888. The van der Waals surface area contributed by atoms with Crippen LogP contribution in [0.4, 0.5) is 5.69 Å². The van der Waals surface area contributed by atoms with Crippen LogP contribution in [0.5, 0.6) is 0 Å². The fourth-order valence-electron chi connectivity index (χ4n) is 2.15. The summed E-state index contributed by atoms with van der Waals surface area (Å²) >= 11 is 0. The number of morpholine rings is 1. The number of hydrogen-bond acceptors (Lipinski definition) is 4. The molecule has 6 nitrogen and oxygen atoms in total. The van der Waals surface area contributed by atoms with Crippen molar-refractivity contribution in [3.63, 3.8) is 0 Å². The van der Waals surface area contributed by atoms with Crippen LogP contribution in [0.25, 0.3) is 5.69 Å². The Hall–Kier alpha value is -1.60. The molecule has 0 saturated carbocycles. The standard InChI is InChI=1S/C14H16N4O2.2ClH/c19-14(13-9-15-6-8-20-13)17-11-3-1-2-4-12(11)18-7-5-16-10-18;;/h1-5,7,10,13,15H,6,8-9H2,(H,17,19);2*1H. The smallest absolute Gasteiger partial charge is 0.254 e. The van der Waals surface area contributed by atoms with E-state index in [1.54, 1.807) is 12.5 Å². The number of halogens is 2. The van der Waals surface area contributed by atoms with Crippen LogP contribution in [0.3, 0.4) is 0 Å². The highest BCUT2D eigenvalue weighted by atomic mass is 35.5. The number of nitrogens with one attached hydrogen (secondary N) is 2. The minimum atomic E-state index is -0.445. The van der Waals surface area contributed by atoms with Gasteiger partial charge in [0.05, 0.1) is 24.3 Å². The van der Waals surface area contributed by atoms with E-state index in [4.69, 9.17) is 4.74 Å². The zero-order valence-corrected chi connectivity index (χ0v) is 13.4. The van der Waals surface area contributed by atoms with Gasteiger partial charge in [-0.05, 0) is 12.1 Å². The molecule has 2 heterocycles. The molecule has 3 rings (SSSR count). The number of anilines is 1. The SMILES string of the molecule is Cl.Cl.O=C(Nc1ccccc1-n1ccnc1)C1CNCCO1. The lowest BCUT2D eigenvalue weighted by molar-refractivity contribution is -0.128. The molecule has 0 aliphatic carbocycles. The number of amides is 1. The second kappa shape index (κ2) is 8.75. The third-order valence-corrected chi connectivity index (χ3v) is 3.16. The van der Waals surface area contributed by atoms with Crippen molar-refractivity contribution in [1.29, 1.82) is 0 Å². The molecular formula is C14H18Cl2N4O2. The van der Waals surface area contributed by atoms with Crippen LogP contribution in [0.15, 0.2) is 43.0 Å². The lowest BCUT2D eigenvalue weighted by Gasteiger charge is -2.23. The molecule has 22 heavy (non-hydrogen) atoms. The summed E-state index contributed by atoms with van der Waals surface area (Å²) in [5.41, 5.74) is 1.62. The Labute approximate surface area is 141 Å². The molecule has 120 valence electrons. The molecule has 1 aromatic heterocycles. The van der Waals surface area contributed by atoms with Crippen molar-refractivity contribution in [3.05, 3.63) is 43.0 Å². The highest BCUT2D eigenvalue weighted by Gasteiger charge is 2.22. The molecule has 0 radical (unpaired) electrons. The molecule has 1 fully saturated rings. The average Bonchev–Trinajstić information content (AvgIpc) is 3.03. The van der Waals surface area contributed by atoms with Crippen LogP contribution in [-0.2, 0) is 9.53 Å². The lowest BCUT2D eigenvalue weighted by atomic mass is 10.2. The van der Waals surface area contributed by atoms with Crippen LogP contribution in [0, 0.1) is 0 Å². The monoisotopic (exact) mass is 344 g/mol. The first-order valence-corrected chi connectivity index (χ1v) is 6.55. The molecule has 1 aliphatic rings. The van der Waals surface area contributed by atoms with E-state index in [9.17, 15) is 4.79 Å². The van der Waals surface area contributed by atoms with E-state index in [0.29, 0.717) is 13.2 Å². The van der Waals surface area contributed by atoms with E-state index in [-0.39, 0.29) is 30.7 Å². The Morgan fingerprint density at radius 3 is 2.86 bits per heavy atom. The van der Waals surface area contributed by atoms with E-state index in [1.807, 2.05) is 35.0 Å². The maximum atomic E-state index is 12.2. The van der Waals surface area contributed by atoms with Gasteiger partial charge in [0.25, 0.3) is 5.91 Å². The normalized spacial score (nSPS) is 17.0. The highest BCUT2D eigenvalue weighted by Crippen LogP contribution is 2.20. The van der Waals surface area contributed by atoms with Gasteiger partial charge in [-0.3, -0.25) is 4.79 Å². The van der Waals surface area contributed by atoms with Gasteiger partial charge < -0.3 is 19.9 Å². The lowest BCUT2D eigenvalue weighted by Crippen LogP contribution is -2.45. The number of para-hydroxylation sites is 2. The molecule has 1 aromatic carbocycles. The van der Waals surface area contributed by atoms with Gasteiger partial charge in [0, 0.05) is 25.5 Å². The first kappa shape index (κ1) is 18.4. The minimum absolute atomic E-state index is 0. The molecule has 1 unspecified atom stereocenters. The molecule has 1 saturated heterocycles. The Morgan fingerprint density at radius 2 is 2.18 bits per heavy atom. The first-order valence-electron chi connectivity index (χ1n) is 6.55. The number of ether oxygens (including phenoxy) is 1. The van der Waals surface area contributed by atoms with E-state index in [0.717, 1.165) is 17.9 Å². The summed E-state index contributed by atoms with van der Waals surface area (Å²) in [4.78, 5) is 16.2. The van der Waals surface area contributed by atoms with Gasteiger partial charge in [0.2, 0.25) is 0 Å². The van der Waals surface area contributed by atoms with Crippen LogP contribution >= 0.6 is 24.8 Å². The molecule has 2 aromatic rings. The number of nitrogens with zero attached hydrogens (tertiary/aromatic N) is 2. The predicted molar refractivity (Wildman–Crippen MR) is 89.3 cm³/mol. The van der Waals surface area contributed by atoms with Crippen LogP contribution in [0.2, 0.25) is 0 Å². The molecule has 0 spiro atoms. The topological polar surface area (TPSA) is 68.2 Å². The summed E-state index contributed by atoms with van der Waals surface area (Å²) in [7, 11) is 0. The number of hydrogen-bond donors (Lipinski definition) is 2. The van der Waals surface area contributed by atoms with Gasteiger partial charge in [-0.15, -0.1) is 24.8 Å². The molecule has 1 aliphatic heterocycles. The molecule has 1 atom stereocenters. The number of aromatic nitrogens is 2.